The van der Waals surface area contributed by atoms with Crippen molar-refractivity contribution in [2.24, 2.45) is 0 Å². The molecule has 0 aromatic carbocycles. The average Bonchev–Trinajstić information content (AvgIpc) is 2.82. The molecule has 1 saturated carbocycles. The van der Waals surface area contributed by atoms with Gasteiger partial charge in [0.15, 0.2) is 3.92 Å². The van der Waals surface area contributed by atoms with Crippen molar-refractivity contribution in [3.05, 3.63) is 15.0 Å². The van der Waals surface area contributed by atoms with E-state index >= 15 is 0 Å². The van der Waals surface area contributed by atoms with Gasteiger partial charge in [0.25, 0.3) is 5.91 Å². The molecule has 0 aliphatic heterocycles. The van der Waals surface area contributed by atoms with Crippen LogP contribution in [0.25, 0.3) is 0 Å². The normalized spacial score (nSPS) is 17.1. The number of carboxylic acid groups (broad SMARTS) is 1. The van der Waals surface area contributed by atoms with E-state index in [1.807, 2.05) is 0 Å². The van der Waals surface area contributed by atoms with Crippen LogP contribution in [0.2, 0.25) is 0 Å². The molecule has 7 heteroatoms. The van der Waals surface area contributed by atoms with Crippen molar-refractivity contribution in [1.29, 1.82) is 0 Å². The van der Waals surface area contributed by atoms with Crippen LogP contribution >= 0.6 is 27.3 Å². The predicted molar refractivity (Wildman–Crippen MR) is 56.9 cm³/mol. The van der Waals surface area contributed by atoms with Crippen molar-refractivity contribution in [3.8, 4) is 0 Å². The number of nitrogens with zero attached hydrogens (tertiary/aromatic N) is 1. The van der Waals surface area contributed by atoms with Gasteiger partial charge in [-0.25, -0.2) is 9.78 Å². The zero-order valence-corrected chi connectivity index (χ0v) is 9.89. The molecule has 1 aliphatic carbocycles. The highest BCUT2D eigenvalue weighted by molar-refractivity contribution is 9.11. The number of carbonyl (C=O) groups excluding carboxylic acids is 1. The summed E-state index contributed by atoms with van der Waals surface area (Å²) < 4.78 is 0.604. The minimum atomic E-state index is -1.05. The zero-order chi connectivity index (χ0) is 11.1. The summed E-state index contributed by atoms with van der Waals surface area (Å²) >= 11 is 4.42. The molecule has 0 saturated heterocycles. The van der Waals surface area contributed by atoms with Gasteiger partial charge in [0.2, 0.25) is 0 Å². The Labute approximate surface area is 97.6 Å². The number of halogens is 1. The number of amides is 1. The molecule has 1 aromatic heterocycles. The van der Waals surface area contributed by atoms with Crippen molar-refractivity contribution in [1.82, 2.24) is 10.3 Å². The maximum Gasteiger partial charge on any atom is 0.329 e. The lowest BCUT2D eigenvalue weighted by Crippen LogP contribution is -2.43. The summed E-state index contributed by atoms with van der Waals surface area (Å²) in [4.78, 5) is 26.3. The summed E-state index contributed by atoms with van der Waals surface area (Å²) in [6.45, 7) is 0. The molecule has 2 N–H and O–H groups in total. The number of carbonyl (C=O) groups is 2. The van der Waals surface area contributed by atoms with Gasteiger partial charge in [-0.15, -0.1) is 11.3 Å². The molecule has 15 heavy (non-hydrogen) atoms. The Bertz CT molecular complexity index is 427. The predicted octanol–water partition coefficient (Wildman–Crippen LogP) is 1.25. The molecule has 0 bridgehead atoms. The van der Waals surface area contributed by atoms with Crippen LogP contribution in [-0.2, 0) is 4.79 Å². The number of nitrogens with one attached hydrogen (secondary N) is 1. The van der Waals surface area contributed by atoms with Crippen LogP contribution in [0.5, 0.6) is 0 Å². The summed E-state index contributed by atoms with van der Waals surface area (Å²) in [5.74, 6) is -1.41. The highest BCUT2D eigenvalue weighted by Crippen LogP contribution is 2.35. The van der Waals surface area contributed by atoms with Crippen LogP contribution in [0.3, 0.4) is 0 Å². The van der Waals surface area contributed by atoms with E-state index in [0.29, 0.717) is 16.8 Å². The van der Waals surface area contributed by atoms with E-state index in [4.69, 9.17) is 5.11 Å². The maximum absolute atomic E-state index is 11.6. The molecule has 5 nitrogen and oxygen atoms in total. The Kier molecular flexibility index (Phi) is 2.51. The summed E-state index contributed by atoms with van der Waals surface area (Å²) in [5, 5.41) is 12.9. The van der Waals surface area contributed by atoms with E-state index < -0.39 is 17.4 Å². The number of hydrogen-bond acceptors (Lipinski definition) is 4. The molecule has 2 rings (SSSR count). The second kappa shape index (κ2) is 3.57. The lowest BCUT2D eigenvalue weighted by atomic mass is 10.2. The lowest BCUT2D eigenvalue weighted by molar-refractivity contribution is -0.140. The largest absolute Gasteiger partial charge is 0.480 e. The molecule has 0 atom stereocenters. The minimum absolute atomic E-state index is 0.249. The summed E-state index contributed by atoms with van der Waals surface area (Å²) in [6, 6.07) is 0. The number of aromatic nitrogens is 1. The number of thiazole rings is 1. The molecule has 80 valence electrons. The first-order valence-corrected chi connectivity index (χ1v) is 5.88. The molecule has 1 heterocycles. The fraction of sp³-hybridized carbons (Fsp3) is 0.375. The zero-order valence-electron chi connectivity index (χ0n) is 7.49. The van der Waals surface area contributed by atoms with Gasteiger partial charge < -0.3 is 10.4 Å². The summed E-state index contributed by atoms with van der Waals surface area (Å²) in [6.07, 6.45) is 0.971. The fourth-order valence-corrected chi connectivity index (χ4v) is 2.15. The van der Waals surface area contributed by atoms with Crippen molar-refractivity contribution in [2.75, 3.05) is 0 Å². The Hall–Kier alpha value is -0.950. The van der Waals surface area contributed by atoms with Gasteiger partial charge in [0.1, 0.15) is 11.2 Å². The number of hydrogen-bond donors (Lipinski definition) is 2. The summed E-state index contributed by atoms with van der Waals surface area (Å²) in [5.41, 5.74) is -0.799. The van der Waals surface area contributed by atoms with Crippen LogP contribution in [0.1, 0.15) is 23.3 Å². The second-order valence-corrected chi connectivity index (χ2v) is 5.46. The van der Waals surface area contributed by atoms with Crippen LogP contribution in [0, 0.1) is 0 Å². The van der Waals surface area contributed by atoms with Gasteiger partial charge in [-0.1, -0.05) is 0 Å². The van der Waals surface area contributed by atoms with Gasteiger partial charge in [0.05, 0.1) is 0 Å². The standard InChI is InChI=1S/C8H7BrN2O3S/c9-7-10-4(3-15-7)5(12)11-8(1-2-8)6(13)14/h3H,1-2H2,(H,11,12)(H,13,14). The summed E-state index contributed by atoms with van der Waals surface area (Å²) in [7, 11) is 0. The highest BCUT2D eigenvalue weighted by Gasteiger charge is 2.51. The van der Waals surface area contributed by atoms with Gasteiger partial charge in [0, 0.05) is 5.38 Å². The minimum Gasteiger partial charge on any atom is -0.480 e. The van der Waals surface area contributed by atoms with E-state index in [9.17, 15) is 9.59 Å². The number of carboxylic acids is 1. The van der Waals surface area contributed by atoms with E-state index in [2.05, 4.69) is 26.2 Å². The Morgan fingerprint density at radius 1 is 1.60 bits per heavy atom. The van der Waals surface area contributed by atoms with Crippen molar-refractivity contribution in [3.63, 3.8) is 0 Å². The van der Waals surface area contributed by atoms with Gasteiger partial charge in [-0.2, -0.15) is 0 Å². The van der Waals surface area contributed by atoms with Crippen molar-refractivity contribution >= 4 is 39.1 Å². The molecule has 1 aliphatic rings. The topological polar surface area (TPSA) is 79.3 Å². The molecule has 1 fully saturated rings. The van der Waals surface area contributed by atoms with Crippen LogP contribution in [-0.4, -0.2) is 27.5 Å². The van der Waals surface area contributed by atoms with E-state index in [-0.39, 0.29) is 5.69 Å². The molecule has 0 unspecified atom stereocenters. The first-order chi connectivity index (χ1) is 7.03. The Morgan fingerprint density at radius 2 is 2.27 bits per heavy atom. The Morgan fingerprint density at radius 3 is 2.67 bits per heavy atom. The molecule has 1 amide bonds. The first-order valence-electron chi connectivity index (χ1n) is 4.20. The number of rotatable bonds is 3. The third-order valence-corrected chi connectivity index (χ3v) is 3.59. The third kappa shape index (κ3) is 2.03. The van der Waals surface area contributed by atoms with Gasteiger partial charge in [-0.3, -0.25) is 4.79 Å². The molecule has 1 aromatic rings. The lowest BCUT2D eigenvalue weighted by Gasteiger charge is -2.10. The maximum atomic E-state index is 11.6. The highest BCUT2D eigenvalue weighted by atomic mass is 79.9. The molecule has 0 radical (unpaired) electrons. The molecular weight excluding hydrogens is 284 g/mol. The second-order valence-electron chi connectivity index (χ2n) is 3.33. The first kappa shape index (κ1) is 10.6. The van der Waals surface area contributed by atoms with Crippen molar-refractivity contribution < 1.29 is 14.7 Å². The fourth-order valence-electron chi connectivity index (χ4n) is 1.15. The number of aliphatic carboxylic acids is 1. The van der Waals surface area contributed by atoms with Crippen LogP contribution in [0.15, 0.2) is 9.30 Å². The van der Waals surface area contributed by atoms with Crippen LogP contribution in [0.4, 0.5) is 0 Å². The molecule has 0 spiro atoms. The third-order valence-electron chi connectivity index (χ3n) is 2.22. The quantitative estimate of drug-likeness (QED) is 0.878. The van der Waals surface area contributed by atoms with E-state index in [1.54, 1.807) is 5.38 Å². The van der Waals surface area contributed by atoms with Gasteiger partial charge in [-0.05, 0) is 28.8 Å². The smallest absolute Gasteiger partial charge is 0.329 e. The van der Waals surface area contributed by atoms with E-state index in [0.717, 1.165) is 0 Å². The SMILES string of the molecule is O=C(NC1(C(=O)O)CC1)c1csc(Br)n1. The molecular formula is C8H7BrN2O3S. The monoisotopic (exact) mass is 290 g/mol. The van der Waals surface area contributed by atoms with Crippen molar-refractivity contribution in [2.45, 2.75) is 18.4 Å². The van der Waals surface area contributed by atoms with E-state index in [1.165, 1.54) is 11.3 Å². The van der Waals surface area contributed by atoms with Crippen LogP contribution < -0.4 is 5.32 Å². The Balaban J connectivity index is 2.08. The average molecular weight is 291 g/mol. The van der Waals surface area contributed by atoms with Gasteiger partial charge >= 0.3 is 5.97 Å².